The van der Waals surface area contributed by atoms with Gasteiger partial charge in [-0.15, -0.1) is 0 Å². The molecule has 14 heavy (non-hydrogen) atoms. The summed E-state index contributed by atoms with van der Waals surface area (Å²) in [6.07, 6.45) is 4.10. The SMILES string of the molecule is COP(=O)(/C=C/[C@@H]1CC[C@H](C)O1)OC. The van der Waals surface area contributed by atoms with Crippen LogP contribution in [0.5, 0.6) is 0 Å². The monoisotopic (exact) mass is 220 g/mol. The molecule has 4 nitrogen and oxygen atoms in total. The van der Waals surface area contributed by atoms with Gasteiger partial charge in [0, 0.05) is 20.0 Å². The predicted octanol–water partition coefficient (Wildman–Crippen LogP) is 2.55. The molecule has 0 radical (unpaired) electrons. The van der Waals surface area contributed by atoms with Crippen LogP contribution in [0.3, 0.4) is 0 Å². The number of hydrogen-bond donors (Lipinski definition) is 0. The van der Waals surface area contributed by atoms with Crippen molar-refractivity contribution >= 4 is 7.60 Å². The minimum absolute atomic E-state index is 0.0450. The molecule has 0 spiro atoms. The van der Waals surface area contributed by atoms with Gasteiger partial charge in [0.15, 0.2) is 0 Å². The second-order valence-corrected chi connectivity index (χ2v) is 5.42. The molecular formula is C9H17O4P. The summed E-state index contributed by atoms with van der Waals surface area (Å²) in [4.78, 5) is 0. The molecule has 0 aliphatic carbocycles. The van der Waals surface area contributed by atoms with Crippen molar-refractivity contribution in [3.63, 3.8) is 0 Å². The van der Waals surface area contributed by atoms with Crippen LogP contribution >= 0.6 is 7.60 Å². The lowest BCUT2D eigenvalue weighted by molar-refractivity contribution is 0.0833. The van der Waals surface area contributed by atoms with E-state index in [2.05, 4.69) is 0 Å². The van der Waals surface area contributed by atoms with Gasteiger partial charge in [0.05, 0.1) is 12.2 Å². The Hall–Kier alpha value is -0.150. The maximum Gasteiger partial charge on any atom is 0.353 e. The second kappa shape index (κ2) is 5.08. The van der Waals surface area contributed by atoms with Crippen molar-refractivity contribution in [3.05, 3.63) is 11.9 Å². The molecule has 0 aromatic heterocycles. The van der Waals surface area contributed by atoms with E-state index in [1.54, 1.807) is 6.08 Å². The third-order valence-corrected chi connectivity index (χ3v) is 3.81. The molecule has 0 bridgehead atoms. The maximum absolute atomic E-state index is 11.6. The summed E-state index contributed by atoms with van der Waals surface area (Å²) >= 11 is 0. The van der Waals surface area contributed by atoms with Crippen LogP contribution in [-0.4, -0.2) is 26.4 Å². The summed E-state index contributed by atoms with van der Waals surface area (Å²) in [6.45, 7) is 2.03. The molecule has 2 atom stereocenters. The average molecular weight is 220 g/mol. The van der Waals surface area contributed by atoms with Gasteiger partial charge >= 0.3 is 7.60 Å². The Labute approximate surface area is 84.8 Å². The van der Waals surface area contributed by atoms with Gasteiger partial charge in [0.1, 0.15) is 0 Å². The van der Waals surface area contributed by atoms with Gasteiger partial charge in [0.2, 0.25) is 0 Å². The summed E-state index contributed by atoms with van der Waals surface area (Å²) in [7, 11) is -0.278. The summed E-state index contributed by atoms with van der Waals surface area (Å²) in [5, 5.41) is 0. The summed E-state index contributed by atoms with van der Waals surface area (Å²) < 4.78 is 26.7. The lowest BCUT2D eigenvalue weighted by Crippen LogP contribution is -2.04. The van der Waals surface area contributed by atoms with Crippen LogP contribution < -0.4 is 0 Å². The normalized spacial score (nSPS) is 28.8. The van der Waals surface area contributed by atoms with Gasteiger partial charge in [0.25, 0.3) is 0 Å². The Morgan fingerprint density at radius 1 is 1.36 bits per heavy atom. The molecule has 1 rings (SSSR count). The summed E-state index contributed by atoms with van der Waals surface area (Å²) in [5.41, 5.74) is 0. The van der Waals surface area contributed by atoms with Crippen LogP contribution in [0.25, 0.3) is 0 Å². The van der Waals surface area contributed by atoms with E-state index in [-0.39, 0.29) is 12.2 Å². The van der Waals surface area contributed by atoms with E-state index in [1.807, 2.05) is 6.92 Å². The van der Waals surface area contributed by atoms with Crippen molar-refractivity contribution in [1.29, 1.82) is 0 Å². The minimum Gasteiger partial charge on any atom is -0.371 e. The molecule has 0 saturated carbocycles. The van der Waals surface area contributed by atoms with Crippen molar-refractivity contribution in [1.82, 2.24) is 0 Å². The van der Waals surface area contributed by atoms with Crippen molar-refractivity contribution in [3.8, 4) is 0 Å². The zero-order chi connectivity index (χ0) is 10.6. The van der Waals surface area contributed by atoms with Crippen LogP contribution in [0.4, 0.5) is 0 Å². The van der Waals surface area contributed by atoms with Crippen molar-refractivity contribution in [2.24, 2.45) is 0 Å². The molecule has 1 aliphatic heterocycles. The molecule has 0 unspecified atom stereocenters. The topological polar surface area (TPSA) is 44.8 Å². The molecule has 5 heteroatoms. The molecule has 0 aromatic carbocycles. The highest BCUT2D eigenvalue weighted by Crippen LogP contribution is 2.48. The first-order valence-electron chi connectivity index (χ1n) is 4.65. The molecule has 1 heterocycles. The van der Waals surface area contributed by atoms with Crippen LogP contribution in [0.1, 0.15) is 19.8 Å². The number of rotatable bonds is 4. The minimum atomic E-state index is -3.01. The fraction of sp³-hybridized carbons (Fsp3) is 0.778. The van der Waals surface area contributed by atoms with Gasteiger partial charge in [-0.1, -0.05) is 0 Å². The highest BCUT2D eigenvalue weighted by molar-refractivity contribution is 7.57. The molecule has 1 saturated heterocycles. The molecule has 0 aromatic rings. The van der Waals surface area contributed by atoms with Gasteiger partial charge in [-0.2, -0.15) is 0 Å². The number of ether oxygens (including phenoxy) is 1. The van der Waals surface area contributed by atoms with Crippen LogP contribution in [0.15, 0.2) is 11.9 Å². The van der Waals surface area contributed by atoms with Crippen molar-refractivity contribution < 1.29 is 18.3 Å². The molecular weight excluding hydrogens is 203 g/mol. The van der Waals surface area contributed by atoms with E-state index in [9.17, 15) is 4.57 Å². The predicted molar refractivity (Wildman–Crippen MR) is 54.3 cm³/mol. The van der Waals surface area contributed by atoms with E-state index in [0.29, 0.717) is 0 Å². The van der Waals surface area contributed by atoms with E-state index < -0.39 is 7.60 Å². The highest BCUT2D eigenvalue weighted by atomic mass is 31.2. The lowest BCUT2D eigenvalue weighted by atomic mass is 10.2. The summed E-state index contributed by atoms with van der Waals surface area (Å²) in [5.74, 6) is 1.47. The second-order valence-electron chi connectivity index (χ2n) is 3.31. The summed E-state index contributed by atoms with van der Waals surface area (Å²) in [6, 6.07) is 0. The first-order valence-corrected chi connectivity index (χ1v) is 6.27. The Bertz CT molecular complexity index is 243. The Morgan fingerprint density at radius 2 is 2.00 bits per heavy atom. The largest absolute Gasteiger partial charge is 0.371 e. The van der Waals surface area contributed by atoms with E-state index in [4.69, 9.17) is 13.8 Å². The highest BCUT2D eigenvalue weighted by Gasteiger charge is 2.22. The average Bonchev–Trinajstić information content (AvgIpc) is 2.61. The maximum atomic E-state index is 11.6. The standard InChI is InChI=1S/C9H17O4P/c1-8-4-5-9(13-8)6-7-14(10,11-2)12-3/h6-9H,4-5H2,1-3H3/b7-6+/t8-,9-/m0/s1. The molecule has 1 aliphatic rings. The number of hydrogen-bond acceptors (Lipinski definition) is 4. The molecule has 82 valence electrons. The van der Waals surface area contributed by atoms with Crippen LogP contribution in [0, 0.1) is 0 Å². The Kier molecular flexibility index (Phi) is 4.32. The van der Waals surface area contributed by atoms with Gasteiger partial charge in [-0.25, -0.2) is 0 Å². The molecule has 0 N–H and O–H groups in total. The third kappa shape index (κ3) is 3.21. The lowest BCUT2D eigenvalue weighted by Gasteiger charge is -2.10. The van der Waals surface area contributed by atoms with E-state index in [1.165, 1.54) is 20.0 Å². The first-order chi connectivity index (χ1) is 6.59. The van der Waals surface area contributed by atoms with Gasteiger partial charge in [-0.05, 0) is 25.8 Å². The van der Waals surface area contributed by atoms with Crippen LogP contribution in [-0.2, 0) is 18.3 Å². The zero-order valence-electron chi connectivity index (χ0n) is 8.80. The smallest absolute Gasteiger partial charge is 0.353 e. The fourth-order valence-electron chi connectivity index (χ4n) is 1.37. The van der Waals surface area contributed by atoms with Crippen LogP contribution in [0.2, 0.25) is 0 Å². The van der Waals surface area contributed by atoms with Gasteiger partial charge < -0.3 is 13.8 Å². The third-order valence-electron chi connectivity index (χ3n) is 2.26. The zero-order valence-corrected chi connectivity index (χ0v) is 9.70. The Balaban J connectivity index is 2.50. The fourth-order valence-corrected chi connectivity index (χ4v) is 2.17. The Morgan fingerprint density at radius 3 is 2.43 bits per heavy atom. The first kappa shape index (κ1) is 11.9. The van der Waals surface area contributed by atoms with Crippen molar-refractivity contribution in [2.45, 2.75) is 32.0 Å². The molecule has 1 fully saturated rings. The quantitative estimate of drug-likeness (QED) is 0.683. The van der Waals surface area contributed by atoms with Crippen molar-refractivity contribution in [2.75, 3.05) is 14.2 Å². The molecule has 0 amide bonds. The van der Waals surface area contributed by atoms with E-state index >= 15 is 0 Å². The van der Waals surface area contributed by atoms with Gasteiger partial charge in [-0.3, -0.25) is 4.57 Å². The van der Waals surface area contributed by atoms with E-state index in [0.717, 1.165) is 12.8 Å².